The molecular weight excluding hydrogens is 408 g/mol. The highest BCUT2D eigenvalue weighted by molar-refractivity contribution is 9.10. The van der Waals surface area contributed by atoms with Gasteiger partial charge in [0.25, 0.3) is 0 Å². The van der Waals surface area contributed by atoms with Crippen LogP contribution in [0.1, 0.15) is 12.8 Å². The average molecular weight is 429 g/mol. The van der Waals surface area contributed by atoms with Crippen LogP contribution in [0.3, 0.4) is 0 Å². The third-order valence-electron chi connectivity index (χ3n) is 4.44. The van der Waals surface area contributed by atoms with Crippen LogP contribution in [0.4, 0.5) is 5.69 Å². The number of anilines is 1. The minimum atomic E-state index is 0.0702. The molecule has 2 aromatic carbocycles. The zero-order valence-corrected chi connectivity index (χ0v) is 16.9. The fourth-order valence-corrected chi connectivity index (χ4v) is 4.05. The number of halogens is 1. The number of likely N-dealkylation sites (tertiary alicyclic amines) is 1. The first-order chi connectivity index (χ1) is 12.6. The lowest BCUT2D eigenvalue weighted by Gasteiger charge is -2.29. The molecule has 1 fully saturated rings. The molecule has 0 atom stereocenters. The quantitative estimate of drug-likeness (QED) is 0.688. The van der Waals surface area contributed by atoms with Crippen molar-refractivity contribution in [3.8, 4) is 12.3 Å². The lowest BCUT2D eigenvalue weighted by Crippen LogP contribution is -2.38. The van der Waals surface area contributed by atoms with Crippen molar-refractivity contribution < 1.29 is 4.79 Å². The van der Waals surface area contributed by atoms with E-state index in [9.17, 15) is 4.79 Å². The van der Waals surface area contributed by atoms with Crippen molar-refractivity contribution >= 4 is 39.3 Å². The van der Waals surface area contributed by atoms with E-state index in [1.54, 1.807) is 11.8 Å². The minimum absolute atomic E-state index is 0.0702. The number of piperidine rings is 1. The summed E-state index contributed by atoms with van der Waals surface area (Å²) in [5, 5.41) is 3.04. The lowest BCUT2D eigenvalue weighted by atomic mass is 9.96. The van der Waals surface area contributed by atoms with Gasteiger partial charge in [-0.25, -0.2) is 0 Å². The normalized spacial score (nSPS) is 15.4. The molecule has 0 bridgehead atoms. The van der Waals surface area contributed by atoms with Gasteiger partial charge < -0.3 is 5.32 Å². The number of carbonyl (C=O) groups excluding carboxylic acids is 1. The van der Waals surface area contributed by atoms with Crippen LogP contribution in [0.2, 0.25) is 0 Å². The van der Waals surface area contributed by atoms with Gasteiger partial charge in [0, 0.05) is 25.9 Å². The summed E-state index contributed by atoms with van der Waals surface area (Å²) in [5.41, 5.74) is 0.848. The third kappa shape index (κ3) is 5.38. The second-order valence-corrected chi connectivity index (χ2v) is 8.39. The van der Waals surface area contributed by atoms with Gasteiger partial charge in [-0.1, -0.05) is 33.6 Å². The molecule has 1 saturated heterocycles. The van der Waals surface area contributed by atoms with Gasteiger partial charge in [0.1, 0.15) is 0 Å². The Hall–Kier alpha value is -1.74. The number of nitrogens with one attached hydrogen (secondary N) is 1. The van der Waals surface area contributed by atoms with Crippen LogP contribution in [0.5, 0.6) is 0 Å². The van der Waals surface area contributed by atoms with Gasteiger partial charge in [0.2, 0.25) is 5.91 Å². The highest BCUT2D eigenvalue weighted by Gasteiger charge is 2.24. The summed E-state index contributed by atoms with van der Waals surface area (Å²) in [6.45, 7) is 2.46. The Morgan fingerprint density at radius 3 is 2.27 bits per heavy atom. The van der Waals surface area contributed by atoms with E-state index < -0.39 is 0 Å². The molecule has 1 amide bonds. The Balaban J connectivity index is 1.52. The monoisotopic (exact) mass is 428 g/mol. The summed E-state index contributed by atoms with van der Waals surface area (Å²) in [5.74, 6) is 2.85. The van der Waals surface area contributed by atoms with E-state index in [0.29, 0.717) is 6.54 Å². The van der Waals surface area contributed by atoms with Crippen molar-refractivity contribution in [2.45, 2.75) is 22.6 Å². The van der Waals surface area contributed by atoms with E-state index in [2.05, 4.69) is 44.2 Å². The van der Waals surface area contributed by atoms with Gasteiger partial charge in [0.15, 0.2) is 0 Å². The van der Waals surface area contributed by atoms with Crippen LogP contribution in [0.25, 0.3) is 0 Å². The number of hydrogen-bond donors (Lipinski definition) is 1. The number of rotatable bonds is 5. The standard InChI is InChI=1S/C21H21BrN2OS/c1-2-13-24-14-11-16(12-15-24)21(25)23-18-5-9-20(10-6-18)26-19-7-3-17(22)4-8-19/h1,3-10,16H,11-15H2,(H,23,25). The summed E-state index contributed by atoms with van der Waals surface area (Å²) in [6, 6.07) is 16.2. The zero-order valence-electron chi connectivity index (χ0n) is 14.5. The van der Waals surface area contributed by atoms with Gasteiger partial charge in [-0.15, -0.1) is 6.42 Å². The van der Waals surface area contributed by atoms with E-state index in [4.69, 9.17) is 6.42 Å². The maximum absolute atomic E-state index is 12.5. The largest absolute Gasteiger partial charge is 0.326 e. The average Bonchev–Trinajstić information content (AvgIpc) is 2.66. The van der Waals surface area contributed by atoms with Gasteiger partial charge in [-0.2, -0.15) is 0 Å². The summed E-state index contributed by atoms with van der Waals surface area (Å²) in [7, 11) is 0. The number of carbonyl (C=O) groups is 1. The van der Waals surface area contributed by atoms with Gasteiger partial charge in [-0.3, -0.25) is 9.69 Å². The number of benzene rings is 2. The van der Waals surface area contributed by atoms with Crippen molar-refractivity contribution in [2.24, 2.45) is 5.92 Å². The molecule has 1 N–H and O–H groups in total. The van der Waals surface area contributed by atoms with Crippen molar-refractivity contribution in [1.82, 2.24) is 4.90 Å². The van der Waals surface area contributed by atoms with Gasteiger partial charge in [-0.05, 0) is 74.5 Å². The number of amides is 1. The molecule has 0 saturated carbocycles. The fraction of sp³-hybridized carbons (Fsp3) is 0.286. The molecule has 0 spiro atoms. The van der Waals surface area contributed by atoms with Crippen LogP contribution in [-0.4, -0.2) is 30.4 Å². The first-order valence-corrected chi connectivity index (χ1v) is 10.2. The molecule has 2 aromatic rings. The van der Waals surface area contributed by atoms with Crippen molar-refractivity contribution in [3.05, 3.63) is 53.0 Å². The summed E-state index contributed by atoms with van der Waals surface area (Å²) in [4.78, 5) is 17.0. The molecule has 1 aliphatic rings. The molecule has 0 radical (unpaired) electrons. The molecule has 134 valence electrons. The summed E-state index contributed by atoms with van der Waals surface area (Å²) < 4.78 is 1.07. The Morgan fingerprint density at radius 2 is 1.69 bits per heavy atom. The van der Waals surface area contributed by atoms with Crippen LogP contribution in [-0.2, 0) is 4.79 Å². The molecule has 1 aliphatic heterocycles. The molecular formula is C21H21BrN2OS. The van der Waals surface area contributed by atoms with Crippen LogP contribution in [0.15, 0.2) is 62.8 Å². The molecule has 0 aromatic heterocycles. The van der Waals surface area contributed by atoms with Gasteiger partial charge in [0.05, 0.1) is 6.54 Å². The van der Waals surface area contributed by atoms with Crippen molar-refractivity contribution in [2.75, 3.05) is 25.0 Å². The first kappa shape index (κ1) is 19.0. The second kappa shape index (κ2) is 9.27. The third-order valence-corrected chi connectivity index (χ3v) is 5.99. The van der Waals surface area contributed by atoms with E-state index >= 15 is 0 Å². The molecule has 5 heteroatoms. The highest BCUT2D eigenvalue weighted by Crippen LogP contribution is 2.29. The van der Waals surface area contributed by atoms with E-state index in [-0.39, 0.29) is 11.8 Å². The fourth-order valence-electron chi connectivity index (χ4n) is 2.97. The van der Waals surface area contributed by atoms with E-state index in [1.807, 2.05) is 36.4 Å². The summed E-state index contributed by atoms with van der Waals surface area (Å²) >= 11 is 5.15. The SMILES string of the molecule is C#CCN1CCC(C(=O)Nc2ccc(Sc3ccc(Br)cc3)cc2)CC1. The van der Waals surface area contributed by atoms with Crippen LogP contribution < -0.4 is 5.32 Å². The molecule has 1 heterocycles. The highest BCUT2D eigenvalue weighted by atomic mass is 79.9. The second-order valence-electron chi connectivity index (χ2n) is 6.32. The Kier molecular flexibility index (Phi) is 6.79. The number of terminal acetylenes is 1. The van der Waals surface area contributed by atoms with Gasteiger partial charge >= 0.3 is 0 Å². The van der Waals surface area contributed by atoms with Crippen molar-refractivity contribution in [3.63, 3.8) is 0 Å². The molecule has 26 heavy (non-hydrogen) atoms. The van der Waals surface area contributed by atoms with E-state index in [1.165, 1.54) is 4.90 Å². The maximum atomic E-state index is 12.5. The Bertz CT molecular complexity index is 775. The minimum Gasteiger partial charge on any atom is -0.326 e. The smallest absolute Gasteiger partial charge is 0.227 e. The van der Waals surface area contributed by atoms with Crippen LogP contribution in [0, 0.1) is 18.3 Å². The number of nitrogens with zero attached hydrogens (tertiary/aromatic N) is 1. The molecule has 0 aliphatic carbocycles. The predicted molar refractivity (Wildman–Crippen MR) is 111 cm³/mol. The first-order valence-electron chi connectivity index (χ1n) is 8.64. The topological polar surface area (TPSA) is 32.3 Å². The number of hydrogen-bond acceptors (Lipinski definition) is 3. The van der Waals surface area contributed by atoms with Crippen LogP contribution >= 0.6 is 27.7 Å². The zero-order chi connectivity index (χ0) is 18.4. The molecule has 0 unspecified atom stereocenters. The maximum Gasteiger partial charge on any atom is 0.227 e. The lowest BCUT2D eigenvalue weighted by molar-refractivity contribution is -0.121. The van der Waals surface area contributed by atoms with E-state index in [0.717, 1.165) is 41.0 Å². The molecule has 3 rings (SSSR count). The molecule has 3 nitrogen and oxygen atoms in total. The Labute approximate surface area is 167 Å². The summed E-state index contributed by atoms with van der Waals surface area (Å²) in [6.07, 6.45) is 7.08. The predicted octanol–water partition coefficient (Wildman–Crippen LogP) is 4.88. The Morgan fingerprint density at radius 1 is 1.12 bits per heavy atom. The van der Waals surface area contributed by atoms with Crippen molar-refractivity contribution in [1.29, 1.82) is 0 Å².